The lowest BCUT2D eigenvalue weighted by molar-refractivity contribution is -0.137. The molecule has 0 fully saturated rings. The van der Waals surface area contributed by atoms with E-state index in [-0.39, 0.29) is 19.4 Å². The van der Waals surface area contributed by atoms with Crippen LogP contribution in [0.25, 0.3) is 0 Å². The molecule has 1 aromatic rings. The number of carbonyl (C=O) groups is 1. The van der Waals surface area contributed by atoms with Gasteiger partial charge < -0.3 is 5.11 Å². The largest absolute Gasteiger partial charge is 0.481 e. The van der Waals surface area contributed by atoms with Gasteiger partial charge >= 0.3 is 5.97 Å². The Bertz CT molecular complexity index is 540. The first-order valence-corrected chi connectivity index (χ1v) is 7.09. The van der Waals surface area contributed by atoms with Crippen LogP contribution in [0.15, 0.2) is 18.2 Å². The second kappa shape index (κ2) is 6.58. The van der Waals surface area contributed by atoms with Gasteiger partial charge in [-0.25, -0.2) is 21.9 Å². The van der Waals surface area contributed by atoms with E-state index in [0.717, 1.165) is 18.2 Å². The maximum atomic E-state index is 13.3. The average Bonchev–Trinajstić information content (AvgIpc) is 2.30. The van der Waals surface area contributed by atoms with Crippen molar-refractivity contribution in [2.45, 2.75) is 18.6 Å². The molecule has 0 aliphatic rings. The fourth-order valence-electron chi connectivity index (χ4n) is 1.38. The third kappa shape index (κ3) is 5.31. The minimum Gasteiger partial charge on any atom is -0.481 e. The molecule has 0 saturated carbocycles. The van der Waals surface area contributed by atoms with Crippen LogP contribution in [-0.2, 0) is 20.6 Å². The van der Waals surface area contributed by atoms with Crippen molar-refractivity contribution in [3.63, 3.8) is 0 Å². The SMILES string of the molecule is O=C(O)CCCNS(=O)(=O)Cc1c(F)cccc1F. The van der Waals surface area contributed by atoms with E-state index < -0.39 is 38.9 Å². The summed E-state index contributed by atoms with van der Waals surface area (Å²) in [7, 11) is -3.90. The number of hydrogen-bond donors (Lipinski definition) is 2. The number of carboxylic acid groups (broad SMARTS) is 1. The van der Waals surface area contributed by atoms with Gasteiger partial charge in [0.15, 0.2) is 0 Å². The van der Waals surface area contributed by atoms with Crippen molar-refractivity contribution in [1.82, 2.24) is 4.72 Å². The smallest absolute Gasteiger partial charge is 0.303 e. The molecule has 0 radical (unpaired) electrons. The Balaban J connectivity index is 2.62. The number of rotatable bonds is 7. The number of sulfonamides is 1. The molecule has 2 N–H and O–H groups in total. The summed E-state index contributed by atoms with van der Waals surface area (Å²) in [5.41, 5.74) is -0.534. The lowest BCUT2D eigenvalue weighted by Gasteiger charge is -2.07. The second-order valence-electron chi connectivity index (χ2n) is 3.85. The molecule has 0 unspecified atom stereocenters. The Labute approximate surface area is 109 Å². The first-order chi connectivity index (χ1) is 8.82. The van der Waals surface area contributed by atoms with Crippen LogP contribution in [0.5, 0.6) is 0 Å². The molecule has 0 aliphatic carbocycles. The van der Waals surface area contributed by atoms with Crippen LogP contribution in [0.3, 0.4) is 0 Å². The molecule has 0 spiro atoms. The molecule has 1 rings (SSSR count). The molecule has 0 saturated heterocycles. The van der Waals surface area contributed by atoms with Crippen molar-refractivity contribution < 1.29 is 27.1 Å². The van der Waals surface area contributed by atoms with Crippen LogP contribution < -0.4 is 4.72 Å². The molecule has 0 atom stereocenters. The summed E-state index contributed by atoms with van der Waals surface area (Å²) in [6, 6.07) is 3.08. The zero-order valence-corrected chi connectivity index (χ0v) is 10.7. The Hall–Kier alpha value is -1.54. The standard InChI is InChI=1S/C11H13F2NO4S/c12-9-3-1-4-10(13)8(9)7-19(17,18)14-6-2-5-11(15)16/h1,3-4,14H,2,5-7H2,(H,15,16). The van der Waals surface area contributed by atoms with E-state index in [1.54, 1.807) is 0 Å². The van der Waals surface area contributed by atoms with Crippen LogP contribution in [0.1, 0.15) is 18.4 Å². The van der Waals surface area contributed by atoms with E-state index in [1.807, 2.05) is 0 Å². The molecule has 8 heteroatoms. The van der Waals surface area contributed by atoms with Crippen LogP contribution >= 0.6 is 0 Å². The number of aliphatic carboxylic acids is 1. The Morgan fingerprint density at radius 1 is 1.26 bits per heavy atom. The van der Waals surface area contributed by atoms with Crippen molar-refractivity contribution in [2.24, 2.45) is 0 Å². The van der Waals surface area contributed by atoms with Crippen molar-refractivity contribution in [2.75, 3.05) is 6.54 Å². The van der Waals surface area contributed by atoms with Crippen LogP contribution in [-0.4, -0.2) is 26.0 Å². The third-order valence-electron chi connectivity index (χ3n) is 2.29. The van der Waals surface area contributed by atoms with Gasteiger partial charge in [-0.3, -0.25) is 4.79 Å². The molecule has 106 valence electrons. The number of nitrogens with one attached hydrogen (secondary N) is 1. The maximum Gasteiger partial charge on any atom is 0.303 e. The van der Waals surface area contributed by atoms with E-state index in [1.165, 1.54) is 0 Å². The second-order valence-corrected chi connectivity index (χ2v) is 5.66. The highest BCUT2D eigenvalue weighted by Gasteiger charge is 2.17. The highest BCUT2D eigenvalue weighted by Crippen LogP contribution is 2.14. The first kappa shape index (κ1) is 15.5. The van der Waals surface area contributed by atoms with E-state index >= 15 is 0 Å². The third-order valence-corrected chi connectivity index (χ3v) is 3.60. The van der Waals surface area contributed by atoms with Gasteiger partial charge in [0.1, 0.15) is 11.6 Å². The normalized spacial score (nSPS) is 11.5. The minimum absolute atomic E-state index is 0.0926. The van der Waals surface area contributed by atoms with Crippen molar-refractivity contribution in [3.05, 3.63) is 35.4 Å². The fraction of sp³-hybridized carbons (Fsp3) is 0.364. The fourth-order valence-corrected chi connectivity index (χ4v) is 2.59. The molecular weight excluding hydrogens is 280 g/mol. The summed E-state index contributed by atoms with van der Waals surface area (Å²) in [6.45, 7) is -0.0926. The highest BCUT2D eigenvalue weighted by molar-refractivity contribution is 7.88. The molecule has 19 heavy (non-hydrogen) atoms. The van der Waals surface area contributed by atoms with Gasteiger partial charge in [-0.05, 0) is 18.6 Å². The zero-order valence-electron chi connectivity index (χ0n) is 9.90. The minimum atomic E-state index is -3.90. The summed E-state index contributed by atoms with van der Waals surface area (Å²) in [5.74, 6) is -3.73. The van der Waals surface area contributed by atoms with E-state index in [9.17, 15) is 22.0 Å². The van der Waals surface area contributed by atoms with Crippen LogP contribution in [0.4, 0.5) is 8.78 Å². The van der Waals surface area contributed by atoms with E-state index in [0.29, 0.717) is 0 Å². The topological polar surface area (TPSA) is 83.5 Å². The summed E-state index contributed by atoms with van der Waals surface area (Å²) in [4.78, 5) is 10.2. The van der Waals surface area contributed by atoms with Crippen molar-refractivity contribution in [1.29, 1.82) is 0 Å². The molecule has 1 aromatic carbocycles. The van der Waals surface area contributed by atoms with Crippen molar-refractivity contribution >= 4 is 16.0 Å². The predicted octanol–water partition coefficient (Wildman–Crippen LogP) is 1.25. The molecule has 5 nitrogen and oxygen atoms in total. The molecule has 0 aromatic heterocycles. The molecule has 0 bridgehead atoms. The van der Waals surface area contributed by atoms with Crippen LogP contribution in [0, 0.1) is 11.6 Å². The molecule has 0 heterocycles. The number of carboxylic acids is 1. The van der Waals surface area contributed by atoms with Gasteiger partial charge in [-0.2, -0.15) is 0 Å². The monoisotopic (exact) mass is 293 g/mol. The van der Waals surface area contributed by atoms with Gasteiger partial charge in [0.05, 0.1) is 5.75 Å². The summed E-state index contributed by atoms with van der Waals surface area (Å²) < 4.78 is 51.7. The number of benzene rings is 1. The van der Waals surface area contributed by atoms with E-state index in [4.69, 9.17) is 5.11 Å². The Morgan fingerprint density at radius 2 is 1.84 bits per heavy atom. The van der Waals surface area contributed by atoms with Gasteiger partial charge in [-0.15, -0.1) is 0 Å². The lowest BCUT2D eigenvalue weighted by Crippen LogP contribution is -2.27. The maximum absolute atomic E-state index is 13.3. The summed E-state index contributed by atoms with van der Waals surface area (Å²) >= 11 is 0. The van der Waals surface area contributed by atoms with Gasteiger partial charge in [0, 0.05) is 18.5 Å². The molecular formula is C11H13F2NO4S. The highest BCUT2D eigenvalue weighted by atomic mass is 32.2. The van der Waals surface area contributed by atoms with Crippen molar-refractivity contribution in [3.8, 4) is 0 Å². The lowest BCUT2D eigenvalue weighted by atomic mass is 10.2. The van der Waals surface area contributed by atoms with Gasteiger partial charge in [0.25, 0.3) is 0 Å². The molecule has 0 amide bonds. The molecule has 0 aliphatic heterocycles. The van der Waals surface area contributed by atoms with Crippen LogP contribution in [0.2, 0.25) is 0 Å². The quantitative estimate of drug-likeness (QED) is 0.741. The Kier molecular flexibility index (Phi) is 5.37. The number of hydrogen-bond acceptors (Lipinski definition) is 3. The Morgan fingerprint density at radius 3 is 2.37 bits per heavy atom. The number of halogens is 2. The summed E-state index contributed by atoms with van der Waals surface area (Å²) in [5, 5.41) is 8.37. The first-order valence-electron chi connectivity index (χ1n) is 5.44. The van der Waals surface area contributed by atoms with E-state index in [2.05, 4.69) is 4.72 Å². The van der Waals surface area contributed by atoms with Gasteiger partial charge in [-0.1, -0.05) is 6.07 Å². The summed E-state index contributed by atoms with van der Waals surface area (Å²) in [6.07, 6.45) is -0.0785. The van der Waals surface area contributed by atoms with Gasteiger partial charge in [0.2, 0.25) is 10.0 Å². The average molecular weight is 293 g/mol. The predicted molar refractivity (Wildman–Crippen MR) is 63.9 cm³/mol. The zero-order chi connectivity index (χ0) is 14.5.